The summed E-state index contributed by atoms with van der Waals surface area (Å²) in [5, 5.41) is 4.23. The summed E-state index contributed by atoms with van der Waals surface area (Å²) in [6.07, 6.45) is 2.27. The lowest BCUT2D eigenvalue weighted by molar-refractivity contribution is 0.0944. The number of aryl methyl sites for hydroxylation is 1. The highest BCUT2D eigenvalue weighted by Gasteiger charge is 2.21. The van der Waals surface area contributed by atoms with Crippen LogP contribution in [0.2, 0.25) is 0 Å². The highest BCUT2D eigenvalue weighted by molar-refractivity contribution is 7.18. The van der Waals surface area contributed by atoms with Gasteiger partial charge in [0.1, 0.15) is 0 Å². The number of nitrogens with one attached hydrogen (secondary N) is 1. The first kappa shape index (κ1) is 16.9. The molecule has 4 rings (SSSR count). The van der Waals surface area contributed by atoms with Crippen molar-refractivity contribution in [3.8, 4) is 0 Å². The molecule has 0 aliphatic carbocycles. The van der Waals surface area contributed by atoms with E-state index in [-0.39, 0.29) is 11.9 Å². The lowest BCUT2D eigenvalue weighted by Crippen LogP contribution is -2.26. The second-order valence-electron chi connectivity index (χ2n) is 6.63. The Balaban J connectivity index is 1.51. The number of carbonyl (C=O) groups excluding carboxylic acids is 1. The third kappa shape index (κ3) is 3.37. The Morgan fingerprint density at radius 3 is 2.65 bits per heavy atom. The Labute approximate surface area is 158 Å². The number of nitrogens with zero attached hydrogens (tertiary/aromatic N) is 1. The minimum atomic E-state index is -0.0112. The molecule has 0 unspecified atom stereocenters. The van der Waals surface area contributed by atoms with Gasteiger partial charge in [-0.15, -0.1) is 11.3 Å². The predicted molar refractivity (Wildman–Crippen MR) is 108 cm³/mol. The van der Waals surface area contributed by atoms with E-state index in [1.165, 1.54) is 11.3 Å². The average molecular weight is 362 g/mol. The Kier molecular flexibility index (Phi) is 4.76. The van der Waals surface area contributed by atoms with Gasteiger partial charge in [0.05, 0.1) is 15.9 Å². The first-order valence-corrected chi connectivity index (χ1v) is 9.85. The molecule has 4 heteroatoms. The summed E-state index contributed by atoms with van der Waals surface area (Å²) in [4.78, 5) is 15.7. The first-order chi connectivity index (χ1) is 12.7. The van der Waals surface area contributed by atoms with Crippen molar-refractivity contribution >= 4 is 27.9 Å². The van der Waals surface area contributed by atoms with E-state index < -0.39 is 0 Å². The van der Waals surface area contributed by atoms with Gasteiger partial charge in [0.2, 0.25) is 0 Å². The molecule has 1 aromatic heterocycles. The average Bonchev–Trinajstić information content (AvgIpc) is 3.18. The van der Waals surface area contributed by atoms with Gasteiger partial charge in [0.25, 0.3) is 5.91 Å². The zero-order chi connectivity index (χ0) is 17.9. The fourth-order valence-electron chi connectivity index (χ4n) is 3.45. The molecule has 3 nitrogen and oxygen atoms in total. The summed E-state index contributed by atoms with van der Waals surface area (Å²) in [7, 11) is 0. The molecule has 1 aliphatic rings. The summed E-state index contributed by atoms with van der Waals surface area (Å²) in [6.45, 7) is 3.02. The minimum Gasteiger partial charge on any atom is -0.345 e. The molecule has 2 aromatic carbocycles. The van der Waals surface area contributed by atoms with Gasteiger partial charge in [-0.3, -0.25) is 4.79 Å². The lowest BCUT2D eigenvalue weighted by Gasteiger charge is -2.30. The van der Waals surface area contributed by atoms with Gasteiger partial charge >= 0.3 is 0 Å². The van der Waals surface area contributed by atoms with E-state index in [0.29, 0.717) is 0 Å². The van der Waals surface area contributed by atoms with Crippen molar-refractivity contribution in [3.63, 3.8) is 0 Å². The second-order valence-corrected chi connectivity index (χ2v) is 7.69. The molecule has 1 N–H and O–H groups in total. The molecular formula is C22H22N2OS. The molecule has 0 saturated heterocycles. The normalized spacial score (nSPS) is 14.6. The molecule has 0 fully saturated rings. The van der Waals surface area contributed by atoms with Crippen LogP contribution in [0.3, 0.4) is 0 Å². The van der Waals surface area contributed by atoms with Crippen LogP contribution in [0, 0.1) is 0 Å². The Morgan fingerprint density at radius 1 is 1.04 bits per heavy atom. The highest BCUT2D eigenvalue weighted by atomic mass is 32.1. The van der Waals surface area contributed by atoms with Gasteiger partial charge in [-0.2, -0.15) is 0 Å². The topological polar surface area (TPSA) is 32.3 Å². The van der Waals surface area contributed by atoms with Crippen LogP contribution in [-0.4, -0.2) is 12.5 Å². The SMILES string of the molecule is C[C@H](NC(=O)c1ccc(N2CCCc3ccccc32)s1)c1ccccc1. The Hall–Kier alpha value is -2.59. The summed E-state index contributed by atoms with van der Waals surface area (Å²) in [6, 6.07) is 22.6. The van der Waals surface area contributed by atoms with Gasteiger partial charge in [-0.25, -0.2) is 0 Å². The van der Waals surface area contributed by atoms with Crippen LogP contribution in [0.5, 0.6) is 0 Å². The number of fused-ring (bicyclic) bond motifs is 1. The Morgan fingerprint density at radius 2 is 1.81 bits per heavy atom. The smallest absolute Gasteiger partial charge is 0.261 e. The minimum absolute atomic E-state index is 0.00929. The fraction of sp³-hybridized carbons (Fsp3) is 0.227. The molecule has 0 spiro atoms. The number of benzene rings is 2. The van der Waals surface area contributed by atoms with Crippen molar-refractivity contribution in [1.29, 1.82) is 0 Å². The van der Waals surface area contributed by atoms with Crippen LogP contribution < -0.4 is 10.2 Å². The van der Waals surface area contributed by atoms with Crippen LogP contribution in [0.4, 0.5) is 10.7 Å². The van der Waals surface area contributed by atoms with Crippen LogP contribution in [0.15, 0.2) is 66.7 Å². The van der Waals surface area contributed by atoms with Crippen molar-refractivity contribution in [2.45, 2.75) is 25.8 Å². The number of thiophene rings is 1. The second kappa shape index (κ2) is 7.34. The molecule has 0 radical (unpaired) electrons. The van der Waals surface area contributed by atoms with Crippen LogP contribution in [0.1, 0.15) is 40.2 Å². The van der Waals surface area contributed by atoms with Crippen molar-refractivity contribution in [2.24, 2.45) is 0 Å². The van der Waals surface area contributed by atoms with E-state index >= 15 is 0 Å². The van der Waals surface area contributed by atoms with E-state index in [4.69, 9.17) is 0 Å². The van der Waals surface area contributed by atoms with E-state index in [0.717, 1.165) is 34.8 Å². The number of anilines is 2. The quantitative estimate of drug-likeness (QED) is 0.681. The zero-order valence-electron chi connectivity index (χ0n) is 14.8. The van der Waals surface area contributed by atoms with E-state index in [2.05, 4.69) is 40.5 Å². The number of hydrogen-bond acceptors (Lipinski definition) is 3. The summed E-state index contributed by atoms with van der Waals surface area (Å²) >= 11 is 1.56. The monoisotopic (exact) mass is 362 g/mol. The van der Waals surface area contributed by atoms with Crippen molar-refractivity contribution < 1.29 is 4.79 Å². The first-order valence-electron chi connectivity index (χ1n) is 9.03. The molecule has 1 aliphatic heterocycles. The van der Waals surface area contributed by atoms with Gasteiger partial charge in [0.15, 0.2) is 0 Å². The van der Waals surface area contributed by atoms with Crippen molar-refractivity contribution in [3.05, 3.63) is 82.7 Å². The Bertz CT molecular complexity index is 903. The molecule has 1 atom stereocenters. The van der Waals surface area contributed by atoms with Crippen molar-refractivity contribution in [1.82, 2.24) is 5.32 Å². The maximum Gasteiger partial charge on any atom is 0.261 e. The third-order valence-electron chi connectivity index (χ3n) is 4.84. The van der Waals surface area contributed by atoms with Gasteiger partial charge < -0.3 is 10.2 Å². The maximum atomic E-state index is 12.7. The summed E-state index contributed by atoms with van der Waals surface area (Å²) < 4.78 is 0. The largest absolute Gasteiger partial charge is 0.345 e. The number of hydrogen-bond donors (Lipinski definition) is 1. The molecule has 3 aromatic rings. The van der Waals surface area contributed by atoms with Crippen molar-refractivity contribution in [2.75, 3.05) is 11.4 Å². The standard InChI is InChI=1S/C22H22N2OS/c1-16(17-8-3-2-4-9-17)23-22(25)20-13-14-21(26-20)24-15-7-11-18-10-5-6-12-19(18)24/h2-6,8-10,12-14,16H,7,11,15H2,1H3,(H,23,25)/t16-/m0/s1. The molecule has 1 amide bonds. The number of rotatable bonds is 4. The van der Waals surface area contributed by atoms with E-state index in [9.17, 15) is 4.79 Å². The van der Waals surface area contributed by atoms with Gasteiger partial charge in [-0.1, -0.05) is 48.5 Å². The predicted octanol–water partition coefficient (Wildman–Crippen LogP) is 5.32. The number of para-hydroxylation sites is 1. The molecule has 26 heavy (non-hydrogen) atoms. The molecule has 0 saturated carbocycles. The molecule has 132 valence electrons. The summed E-state index contributed by atoms with van der Waals surface area (Å²) in [5.74, 6) is -0.0112. The third-order valence-corrected chi connectivity index (χ3v) is 5.95. The molecule has 0 bridgehead atoms. The van der Waals surface area contributed by atoms with Gasteiger partial charge in [0, 0.05) is 12.2 Å². The highest BCUT2D eigenvalue weighted by Crippen LogP contribution is 2.37. The van der Waals surface area contributed by atoms with E-state index in [1.54, 1.807) is 11.3 Å². The van der Waals surface area contributed by atoms with Crippen LogP contribution >= 0.6 is 11.3 Å². The van der Waals surface area contributed by atoms with Gasteiger partial charge in [-0.05, 0) is 49.1 Å². The number of carbonyl (C=O) groups is 1. The summed E-state index contributed by atoms with van der Waals surface area (Å²) in [5.41, 5.74) is 3.77. The molecule has 2 heterocycles. The van der Waals surface area contributed by atoms with Crippen LogP contribution in [-0.2, 0) is 6.42 Å². The van der Waals surface area contributed by atoms with E-state index in [1.807, 2.05) is 43.3 Å². The zero-order valence-corrected chi connectivity index (χ0v) is 15.6. The molecular weight excluding hydrogens is 340 g/mol. The number of amides is 1. The maximum absolute atomic E-state index is 12.7. The fourth-order valence-corrected chi connectivity index (χ4v) is 4.40. The van der Waals surface area contributed by atoms with Crippen LogP contribution in [0.25, 0.3) is 0 Å². The lowest BCUT2D eigenvalue weighted by atomic mass is 10.0.